The van der Waals surface area contributed by atoms with Gasteiger partial charge in [0.15, 0.2) is 11.5 Å². The maximum Gasteiger partial charge on any atom is 0.407 e. The Morgan fingerprint density at radius 3 is 2.10 bits per heavy atom. The van der Waals surface area contributed by atoms with Gasteiger partial charge in [0.1, 0.15) is 6.61 Å². The standard InChI is InChI=1S/C36H46N4O10.ClH/c1-25(39-36(42)50-24-31-28-10-5-3-8-26(28)27-9-4-6-11-29(27)31)30-22-33(45-2)34(23-32(30)40(43)44)49-15-7-12-35(41)38-14-17-47-19-21-48-20-18-46-16-13-37;/h3-6,8-11,22-23,25,31H,7,12-21,24,37H2,1-2H3,(H,38,41)(H,39,42);1H. The minimum atomic E-state index is -0.782. The van der Waals surface area contributed by atoms with Crippen LogP contribution in [-0.4, -0.2) is 90.0 Å². The number of amides is 2. The van der Waals surface area contributed by atoms with Gasteiger partial charge in [0.2, 0.25) is 5.91 Å². The number of halogens is 1. The van der Waals surface area contributed by atoms with Crippen molar-refractivity contribution in [3.05, 3.63) is 87.5 Å². The maximum atomic E-state index is 12.9. The van der Waals surface area contributed by atoms with Gasteiger partial charge in [-0.2, -0.15) is 0 Å². The van der Waals surface area contributed by atoms with E-state index in [0.717, 1.165) is 22.3 Å². The molecule has 3 aromatic rings. The molecule has 4 N–H and O–H groups in total. The smallest absolute Gasteiger partial charge is 0.407 e. The third-order valence-corrected chi connectivity index (χ3v) is 8.03. The van der Waals surface area contributed by atoms with Crippen LogP contribution in [0.3, 0.4) is 0 Å². The van der Waals surface area contributed by atoms with Gasteiger partial charge in [-0.25, -0.2) is 4.79 Å². The lowest BCUT2D eigenvalue weighted by Crippen LogP contribution is -2.29. The molecular formula is C36H47ClN4O10. The Balaban J connectivity index is 0.00000702. The first-order valence-corrected chi connectivity index (χ1v) is 16.6. The molecule has 0 aromatic heterocycles. The van der Waals surface area contributed by atoms with Gasteiger partial charge in [0.05, 0.1) is 76.0 Å². The van der Waals surface area contributed by atoms with Crippen LogP contribution in [0.1, 0.15) is 48.4 Å². The van der Waals surface area contributed by atoms with Crippen molar-refractivity contribution in [3.63, 3.8) is 0 Å². The van der Waals surface area contributed by atoms with E-state index in [1.165, 1.54) is 19.2 Å². The van der Waals surface area contributed by atoms with Crippen molar-refractivity contribution in [1.82, 2.24) is 10.6 Å². The van der Waals surface area contributed by atoms with E-state index in [-0.39, 0.29) is 66.6 Å². The van der Waals surface area contributed by atoms with Gasteiger partial charge in [-0.1, -0.05) is 48.5 Å². The maximum absolute atomic E-state index is 12.9. The Kier molecular flexibility index (Phi) is 17.4. The number of rotatable bonds is 22. The Labute approximate surface area is 303 Å². The summed E-state index contributed by atoms with van der Waals surface area (Å²) in [6.07, 6.45) is -0.146. The number of nitrogens with one attached hydrogen (secondary N) is 2. The normalized spacial score (nSPS) is 12.2. The molecule has 14 nitrogen and oxygen atoms in total. The summed E-state index contributed by atoms with van der Waals surface area (Å²) in [7, 11) is 1.42. The molecule has 0 heterocycles. The van der Waals surface area contributed by atoms with E-state index in [4.69, 9.17) is 34.2 Å². The quantitative estimate of drug-likeness (QED) is 0.0726. The fraction of sp³-hybridized carbons (Fsp3) is 0.444. The van der Waals surface area contributed by atoms with Gasteiger partial charge in [0.25, 0.3) is 5.69 Å². The molecule has 278 valence electrons. The zero-order chi connectivity index (χ0) is 35.7. The molecule has 0 radical (unpaired) electrons. The topological polar surface area (TPSA) is 183 Å². The number of nitro benzene ring substituents is 1. The lowest BCUT2D eigenvalue weighted by molar-refractivity contribution is -0.385. The Morgan fingerprint density at radius 2 is 1.49 bits per heavy atom. The SMILES string of the molecule is COc1cc(C(C)NC(=O)OCC2c3ccccc3-c3ccccc32)c([N+](=O)[O-])cc1OCCCC(=O)NCCOCCOCCOCCN.Cl. The van der Waals surface area contributed by atoms with Crippen LogP contribution in [0.15, 0.2) is 60.7 Å². The van der Waals surface area contributed by atoms with Crippen LogP contribution in [0, 0.1) is 10.1 Å². The van der Waals surface area contributed by atoms with Gasteiger partial charge < -0.3 is 44.8 Å². The van der Waals surface area contributed by atoms with E-state index in [0.29, 0.717) is 59.2 Å². The summed E-state index contributed by atoms with van der Waals surface area (Å²) in [5.41, 5.74) is 9.68. The first kappa shape index (κ1) is 41.0. The second kappa shape index (κ2) is 21.7. The number of ether oxygens (including phenoxy) is 6. The van der Waals surface area contributed by atoms with Crippen LogP contribution in [0.2, 0.25) is 0 Å². The summed E-state index contributed by atoms with van der Waals surface area (Å²) in [6, 6.07) is 18.0. The zero-order valence-corrected chi connectivity index (χ0v) is 29.7. The molecule has 0 saturated heterocycles. The van der Waals surface area contributed by atoms with E-state index >= 15 is 0 Å². The number of alkyl carbamates (subject to hydrolysis) is 1. The summed E-state index contributed by atoms with van der Waals surface area (Å²) in [4.78, 5) is 36.6. The lowest BCUT2D eigenvalue weighted by Gasteiger charge is -2.19. The molecular weight excluding hydrogens is 684 g/mol. The molecule has 0 bridgehead atoms. The number of methoxy groups -OCH3 is 1. The third kappa shape index (κ3) is 12.1. The summed E-state index contributed by atoms with van der Waals surface area (Å²) < 4.78 is 32.9. The van der Waals surface area contributed by atoms with E-state index in [2.05, 4.69) is 22.8 Å². The van der Waals surface area contributed by atoms with Gasteiger partial charge in [-0.3, -0.25) is 14.9 Å². The molecule has 0 aliphatic heterocycles. The number of carbonyl (C=O) groups excluding carboxylic acids is 2. The molecule has 0 spiro atoms. The van der Waals surface area contributed by atoms with Crippen molar-refractivity contribution >= 4 is 30.1 Å². The van der Waals surface area contributed by atoms with Crippen LogP contribution < -0.4 is 25.8 Å². The Bertz CT molecular complexity index is 1530. The predicted molar refractivity (Wildman–Crippen MR) is 193 cm³/mol. The summed E-state index contributed by atoms with van der Waals surface area (Å²) >= 11 is 0. The van der Waals surface area contributed by atoms with Gasteiger partial charge in [-0.05, 0) is 41.7 Å². The Morgan fingerprint density at radius 1 is 0.882 bits per heavy atom. The van der Waals surface area contributed by atoms with Crippen LogP contribution in [0.4, 0.5) is 10.5 Å². The van der Waals surface area contributed by atoms with Crippen molar-refractivity contribution in [1.29, 1.82) is 0 Å². The van der Waals surface area contributed by atoms with Crippen molar-refractivity contribution in [2.45, 2.75) is 31.7 Å². The average Bonchev–Trinajstić information content (AvgIpc) is 3.44. The lowest BCUT2D eigenvalue weighted by atomic mass is 9.98. The minimum Gasteiger partial charge on any atom is -0.493 e. The van der Waals surface area contributed by atoms with Crippen LogP contribution in [-0.2, 0) is 23.7 Å². The first-order valence-electron chi connectivity index (χ1n) is 16.6. The molecule has 1 atom stereocenters. The molecule has 0 fully saturated rings. The van der Waals surface area contributed by atoms with Crippen molar-refractivity contribution in [2.75, 3.05) is 73.1 Å². The van der Waals surface area contributed by atoms with Crippen molar-refractivity contribution in [2.24, 2.45) is 5.73 Å². The second-order valence-corrected chi connectivity index (χ2v) is 11.4. The summed E-state index contributed by atoms with van der Waals surface area (Å²) in [5.74, 6) is 0.105. The van der Waals surface area contributed by atoms with E-state index < -0.39 is 17.1 Å². The molecule has 51 heavy (non-hydrogen) atoms. The molecule has 1 unspecified atom stereocenters. The number of nitrogens with two attached hydrogens (primary N) is 1. The third-order valence-electron chi connectivity index (χ3n) is 8.03. The number of nitro groups is 1. The van der Waals surface area contributed by atoms with Crippen molar-refractivity contribution < 1.29 is 42.9 Å². The molecule has 0 saturated carbocycles. The van der Waals surface area contributed by atoms with Crippen LogP contribution >= 0.6 is 12.4 Å². The zero-order valence-electron chi connectivity index (χ0n) is 28.9. The van der Waals surface area contributed by atoms with Gasteiger partial charge >= 0.3 is 6.09 Å². The molecule has 1 aliphatic rings. The highest BCUT2D eigenvalue weighted by atomic mass is 35.5. The van der Waals surface area contributed by atoms with E-state index in [9.17, 15) is 19.7 Å². The summed E-state index contributed by atoms with van der Waals surface area (Å²) in [6.45, 7) is 5.30. The van der Waals surface area contributed by atoms with Gasteiger partial charge in [-0.15, -0.1) is 12.4 Å². The fourth-order valence-electron chi connectivity index (χ4n) is 5.63. The van der Waals surface area contributed by atoms with Crippen LogP contribution in [0.5, 0.6) is 11.5 Å². The number of hydrogen-bond donors (Lipinski definition) is 3. The second-order valence-electron chi connectivity index (χ2n) is 11.4. The molecule has 15 heteroatoms. The largest absolute Gasteiger partial charge is 0.493 e. The highest BCUT2D eigenvalue weighted by molar-refractivity contribution is 5.85. The Hall–Kier alpha value is -4.47. The predicted octanol–water partition coefficient (Wildman–Crippen LogP) is 4.91. The number of hydrogen-bond acceptors (Lipinski definition) is 11. The van der Waals surface area contributed by atoms with E-state index in [1.54, 1.807) is 6.92 Å². The molecule has 2 amide bonds. The van der Waals surface area contributed by atoms with Crippen LogP contribution in [0.25, 0.3) is 11.1 Å². The molecule has 1 aliphatic carbocycles. The first-order chi connectivity index (χ1) is 24.3. The van der Waals surface area contributed by atoms with E-state index in [1.807, 2.05) is 36.4 Å². The van der Waals surface area contributed by atoms with Gasteiger partial charge in [0, 0.05) is 25.4 Å². The average molecular weight is 731 g/mol. The summed E-state index contributed by atoms with van der Waals surface area (Å²) in [5, 5.41) is 17.5. The number of carbonyl (C=O) groups is 2. The minimum absolute atomic E-state index is 0. The number of fused-ring (bicyclic) bond motifs is 3. The molecule has 3 aromatic carbocycles. The molecule has 4 rings (SSSR count). The highest BCUT2D eigenvalue weighted by Gasteiger charge is 2.30. The number of benzene rings is 3. The monoisotopic (exact) mass is 730 g/mol. The highest BCUT2D eigenvalue weighted by Crippen LogP contribution is 2.44. The van der Waals surface area contributed by atoms with Crippen molar-refractivity contribution in [3.8, 4) is 22.6 Å². The number of nitrogens with zero attached hydrogens (tertiary/aromatic N) is 1. The fourth-order valence-corrected chi connectivity index (χ4v) is 5.63.